The Morgan fingerprint density at radius 2 is 2.14 bits per heavy atom. The highest BCUT2D eigenvalue weighted by Gasteiger charge is 2.12. The molecule has 0 spiro atoms. The Hall–Kier alpha value is -2.27. The second-order valence-corrected chi connectivity index (χ2v) is 4.99. The van der Waals surface area contributed by atoms with Gasteiger partial charge in [0.1, 0.15) is 11.4 Å². The summed E-state index contributed by atoms with van der Waals surface area (Å²) < 4.78 is 7.56. The minimum Gasteiger partial charge on any atom is -0.478 e. The molecule has 2 rings (SSSR count). The Labute approximate surface area is 127 Å². The lowest BCUT2D eigenvalue weighted by Gasteiger charge is -2.07. The van der Waals surface area contributed by atoms with Gasteiger partial charge in [-0.2, -0.15) is 5.10 Å². The molecule has 0 fully saturated rings. The number of rotatable bonds is 4. The lowest BCUT2D eigenvalue weighted by molar-refractivity contribution is -0.131. The van der Waals surface area contributed by atoms with Gasteiger partial charge in [-0.3, -0.25) is 4.68 Å². The zero-order valence-corrected chi connectivity index (χ0v) is 12.7. The summed E-state index contributed by atoms with van der Waals surface area (Å²) in [5, 5.41) is 13.3. The molecule has 0 bridgehead atoms. The van der Waals surface area contributed by atoms with Crippen LogP contribution in [-0.4, -0.2) is 20.9 Å². The molecule has 0 radical (unpaired) electrons. The van der Waals surface area contributed by atoms with Crippen LogP contribution < -0.4 is 4.74 Å². The molecular weight excluding hydrogens is 292 g/mol. The van der Waals surface area contributed by atoms with Crippen molar-refractivity contribution in [1.82, 2.24) is 9.78 Å². The number of aliphatic carboxylic acids is 1. The lowest BCUT2D eigenvalue weighted by atomic mass is 10.2. The third kappa shape index (κ3) is 3.44. The molecule has 0 atom stereocenters. The van der Waals surface area contributed by atoms with Gasteiger partial charge in [0.2, 0.25) is 0 Å². The molecule has 110 valence electrons. The van der Waals surface area contributed by atoms with E-state index in [0.717, 1.165) is 17.5 Å². The van der Waals surface area contributed by atoms with Crippen molar-refractivity contribution in [3.63, 3.8) is 0 Å². The van der Waals surface area contributed by atoms with E-state index in [0.29, 0.717) is 22.1 Å². The maximum Gasteiger partial charge on any atom is 0.328 e. The normalized spacial score (nSPS) is 11.0. The molecule has 1 N–H and O–H groups in total. The predicted molar refractivity (Wildman–Crippen MR) is 80.9 cm³/mol. The van der Waals surface area contributed by atoms with Gasteiger partial charge < -0.3 is 9.84 Å². The third-order valence-corrected chi connectivity index (χ3v) is 3.37. The first-order valence-corrected chi connectivity index (χ1v) is 6.65. The van der Waals surface area contributed by atoms with E-state index in [4.69, 9.17) is 21.4 Å². The van der Waals surface area contributed by atoms with Crippen molar-refractivity contribution in [3.8, 4) is 11.5 Å². The number of carboxylic acid groups (broad SMARTS) is 1. The molecule has 5 nitrogen and oxygen atoms in total. The van der Waals surface area contributed by atoms with Crippen molar-refractivity contribution in [2.24, 2.45) is 7.05 Å². The summed E-state index contributed by atoms with van der Waals surface area (Å²) in [5.41, 5.74) is 2.32. The highest BCUT2D eigenvalue weighted by Crippen LogP contribution is 2.31. The summed E-state index contributed by atoms with van der Waals surface area (Å²) in [6.07, 6.45) is 2.48. The number of benzene rings is 1. The van der Waals surface area contributed by atoms with Crippen LogP contribution in [0.4, 0.5) is 0 Å². The highest BCUT2D eigenvalue weighted by atomic mass is 35.5. The van der Waals surface area contributed by atoms with Crippen molar-refractivity contribution in [2.45, 2.75) is 13.8 Å². The van der Waals surface area contributed by atoms with E-state index < -0.39 is 5.97 Å². The van der Waals surface area contributed by atoms with Crippen LogP contribution in [-0.2, 0) is 11.8 Å². The fourth-order valence-corrected chi connectivity index (χ4v) is 2.12. The van der Waals surface area contributed by atoms with E-state index in [1.165, 1.54) is 6.08 Å². The number of hydrogen-bond acceptors (Lipinski definition) is 3. The van der Waals surface area contributed by atoms with Crippen LogP contribution in [0.15, 0.2) is 24.3 Å². The van der Waals surface area contributed by atoms with Crippen LogP contribution in [0, 0.1) is 13.8 Å². The van der Waals surface area contributed by atoms with Gasteiger partial charge in [0.25, 0.3) is 0 Å². The summed E-state index contributed by atoms with van der Waals surface area (Å²) in [4.78, 5) is 10.5. The number of aromatic nitrogens is 2. The topological polar surface area (TPSA) is 64.4 Å². The van der Waals surface area contributed by atoms with Crippen molar-refractivity contribution in [2.75, 3.05) is 0 Å². The van der Waals surface area contributed by atoms with Gasteiger partial charge in [0, 0.05) is 19.2 Å². The van der Waals surface area contributed by atoms with Crippen LogP contribution in [0.25, 0.3) is 6.08 Å². The Balaban J connectivity index is 2.26. The number of aryl methyl sites for hydroxylation is 2. The van der Waals surface area contributed by atoms with Gasteiger partial charge in [-0.05, 0) is 37.6 Å². The quantitative estimate of drug-likeness (QED) is 0.877. The first-order valence-electron chi connectivity index (χ1n) is 6.27. The van der Waals surface area contributed by atoms with E-state index in [9.17, 15) is 4.79 Å². The Kier molecular flexibility index (Phi) is 4.33. The van der Waals surface area contributed by atoms with E-state index in [2.05, 4.69) is 5.10 Å². The van der Waals surface area contributed by atoms with Crippen molar-refractivity contribution < 1.29 is 14.6 Å². The largest absolute Gasteiger partial charge is 0.478 e. The van der Waals surface area contributed by atoms with Gasteiger partial charge >= 0.3 is 5.97 Å². The van der Waals surface area contributed by atoms with Crippen molar-refractivity contribution in [1.29, 1.82) is 0 Å². The zero-order chi connectivity index (χ0) is 15.6. The molecule has 0 aliphatic carbocycles. The maximum absolute atomic E-state index is 10.5. The minimum atomic E-state index is -1.02. The van der Waals surface area contributed by atoms with Gasteiger partial charge in [0.05, 0.1) is 10.7 Å². The second kappa shape index (κ2) is 6.01. The van der Waals surface area contributed by atoms with E-state index >= 15 is 0 Å². The van der Waals surface area contributed by atoms with Crippen LogP contribution in [0.2, 0.25) is 5.02 Å². The number of halogens is 1. The Morgan fingerprint density at radius 1 is 1.43 bits per heavy atom. The summed E-state index contributed by atoms with van der Waals surface area (Å²) in [6.45, 7) is 3.79. The fraction of sp³-hybridized carbons (Fsp3) is 0.200. The van der Waals surface area contributed by atoms with Gasteiger partial charge in [0.15, 0.2) is 5.75 Å². The smallest absolute Gasteiger partial charge is 0.328 e. The zero-order valence-electron chi connectivity index (χ0n) is 11.9. The Morgan fingerprint density at radius 3 is 2.67 bits per heavy atom. The second-order valence-electron chi connectivity index (χ2n) is 4.58. The number of nitrogens with zero attached hydrogens (tertiary/aromatic N) is 2. The van der Waals surface area contributed by atoms with Crippen LogP contribution in [0.3, 0.4) is 0 Å². The molecule has 21 heavy (non-hydrogen) atoms. The van der Waals surface area contributed by atoms with Gasteiger partial charge in [-0.1, -0.05) is 11.6 Å². The fourth-order valence-electron chi connectivity index (χ4n) is 1.89. The molecular formula is C15H15ClN2O3. The summed E-state index contributed by atoms with van der Waals surface area (Å²) in [5.74, 6) is 0.252. The van der Waals surface area contributed by atoms with Crippen LogP contribution in [0.5, 0.6) is 11.5 Å². The molecule has 0 saturated heterocycles. The molecule has 6 heteroatoms. The van der Waals surface area contributed by atoms with Gasteiger partial charge in [-0.25, -0.2) is 4.79 Å². The summed E-state index contributed by atoms with van der Waals surface area (Å²) >= 11 is 6.12. The average molecular weight is 307 g/mol. The summed E-state index contributed by atoms with van der Waals surface area (Å²) in [6, 6.07) is 5.09. The SMILES string of the molecule is Cc1nn(C)c(C)c1Oc1ccc(/C=C/C(=O)O)c(Cl)c1. The minimum absolute atomic E-state index is 0.421. The molecule has 2 aromatic rings. The molecule has 0 saturated carbocycles. The number of carbonyl (C=O) groups is 1. The maximum atomic E-state index is 10.5. The molecule has 0 amide bonds. The number of hydrogen-bond donors (Lipinski definition) is 1. The van der Waals surface area contributed by atoms with Crippen molar-refractivity contribution in [3.05, 3.63) is 46.2 Å². The molecule has 1 aromatic carbocycles. The highest BCUT2D eigenvalue weighted by molar-refractivity contribution is 6.32. The summed E-state index contributed by atoms with van der Waals surface area (Å²) in [7, 11) is 1.85. The molecule has 1 aromatic heterocycles. The molecule has 0 unspecified atom stereocenters. The van der Waals surface area contributed by atoms with E-state index in [-0.39, 0.29) is 0 Å². The van der Waals surface area contributed by atoms with E-state index in [1.807, 2.05) is 20.9 Å². The van der Waals surface area contributed by atoms with Crippen LogP contribution in [0.1, 0.15) is 17.0 Å². The molecule has 0 aliphatic rings. The van der Waals surface area contributed by atoms with Crippen LogP contribution >= 0.6 is 11.6 Å². The van der Waals surface area contributed by atoms with Crippen molar-refractivity contribution >= 4 is 23.6 Å². The monoisotopic (exact) mass is 306 g/mol. The lowest BCUT2D eigenvalue weighted by Crippen LogP contribution is -1.93. The average Bonchev–Trinajstić information content (AvgIpc) is 2.64. The third-order valence-electron chi connectivity index (χ3n) is 3.04. The molecule has 1 heterocycles. The predicted octanol–water partition coefficient (Wildman–Crippen LogP) is 3.58. The van der Waals surface area contributed by atoms with E-state index in [1.54, 1.807) is 22.9 Å². The first kappa shape index (κ1) is 15.1. The standard InChI is InChI=1S/C15H15ClN2O3/c1-9-15(10(2)18(3)17-9)21-12-6-4-11(13(16)8-12)5-7-14(19)20/h4-8H,1-3H3,(H,19,20)/b7-5+. The number of ether oxygens (including phenoxy) is 1. The molecule has 0 aliphatic heterocycles. The number of carboxylic acids is 1. The first-order chi connectivity index (χ1) is 9.88. The van der Waals surface area contributed by atoms with Gasteiger partial charge in [-0.15, -0.1) is 0 Å². The Bertz CT molecular complexity index is 720.